The quantitative estimate of drug-likeness (QED) is 0.432. The normalized spacial score (nSPS) is 14.1. The van der Waals surface area contributed by atoms with E-state index in [4.69, 9.17) is 14.2 Å². The molecule has 9 nitrogen and oxygen atoms in total. The molecule has 1 aliphatic rings. The third-order valence-corrected chi connectivity index (χ3v) is 5.25. The van der Waals surface area contributed by atoms with Crippen LogP contribution < -0.4 is 10.6 Å². The van der Waals surface area contributed by atoms with E-state index in [1.165, 1.54) is 11.3 Å². The van der Waals surface area contributed by atoms with Crippen molar-refractivity contribution in [2.75, 3.05) is 19.8 Å². The number of amides is 1. The third kappa shape index (κ3) is 6.17. The number of nitrogens with one attached hydrogen (secondary N) is 2. The maximum absolute atomic E-state index is 13.0. The Kier molecular flexibility index (Phi) is 8.80. The molecular formula is C21H26N2O7S. The van der Waals surface area contributed by atoms with Crippen LogP contribution in [-0.2, 0) is 39.9 Å². The first-order chi connectivity index (χ1) is 14.8. The Labute approximate surface area is 184 Å². The molecule has 1 aromatic rings. The second kappa shape index (κ2) is 11.3. The zero-order chi connectivity index (χ0) is 23.0. The highest BCUT2D eigenvalue weighted by molar-refractivity contribution is 7.09. The van der Waals surface area contributed by atoms with Crippen molar-refractivity contribution in [1.82, 2.24) is 10.6 Å². The molecule has 0 radical (unpaired) electrons. The van der Waals surface area contributed by atoms with E-state index in [0.717, 1.165) is 4.88 Å². The fraction of sp³-hybridized carbons (Fsp3) is 0.429. The van der Waals surface area contributed by atoms with Gasteiger partial charge in [-0.1, -0.05) is 6.07 Å². The van der Waals surface area contributed by atoms with Crippen molar-refractivity contribution in [2.24, 2.45) is 5.92 Å². The van der Waals surface area contributed by atoms with Gasteiger partial charge in [-0.3, -0.25) is 9.59 Å². The Morgan fingerprint density at radius 2 is 1.58 bits per heavy atom. The summed E-state index contributed by atoms with van der Waals surface area (Å²) >= 11 is 1.48. The molecule has 31 heavy (non-hydrogen) atoms. The average molecular weight is 451 g/mol. The van der Waals surface area contributed by atoms with Crippen molar-refractivity contribution in [3.63, 3.8) is 0 Å². The fourth-order valence-corrected chi connectivity index (χ4v) is 3.70. The number of carbonyl (C=O) groups excluding carboxylic acids is 4. The minimum atomic E-state index is -1.37. The number of hydrogen-bond acceptors (Lipinski definition) is 9. The van der Waals surface area contributed by atoms with Gasteiger partial charge in [-0.2, -0.15) is 0 Å². The van der Waals surface area contributed by atoms with E-state index in [2.05, 4.69) is 10.6 Å². The summed E-state index contributed by atoms with van der Waals surface area (Å²) in [6.07, 6.45) is 0. The molecule has 0 saturated heterocycles. The van der Waals surface area contributed by atoms with E-state index < -0.39 is 36.3 Å². The largest absolute Gasteiger partial charge is 0.463 e. The summed E-state index contributed by atoms with van der Waals surface area (Å²) in [6, 6.07) is 3.73. The van der Waals surface area contributed by atoms with Crippen LogP contribution in [0.3, 0.4) is 0 Å². The van der Waals surface area contributed by atoms with E-state index in [1.54, 1.807) is 27.7 Å². The molecule has 0 spiro atoms. The van der Waals surface area contributed by atoms with Crippen molar-refractivity contribution >= 4 is 35.2 Å². The van der Waals surface area contributed by atoms with E-state index in [0.29, 0.717) is 17.9 Å². The number of esters is 3. The lowest BCUT2D eigenvalue weighted by Crippen LogP contribution is -2.39. The summed E-state index contributed by atoms with van der Waals surface area (Å²) in [5.74, 6) is -4.31. The SMILES string of the molecule is CCOC(=O)C1=C(C)NC(C)=C(C(=O)OCC)C1C(=O)OCC(=O)NCc1cccs1. The molecule has 0 aliphatic carbocycles. The molecule has 1 amide bonds. The van der Waals surface area contributed by atoms with Crippen molar-refractivity contribution in [3.8, 4) is 0 Å². The maximum Gasteiger partial charge on any atom is 0.337 e. The number of dihydropyridines is 1. The van der Waals surface area contributed by atoms with E-state index in [-0.39, 0.29) is 24.4 Å². The lowest BCUT2D eigenvalue weighted by Gasteiger charge is -2.28. The van der Waals surface area contributed by atoms with E-state index >= 15 is 0 Å². The van der Waals surface area contributed by atoms with Crippen LogP contribution in [-0.4, -0.2) is 43.6 Å². The minimum absolute atomic E-state index is 0.0560. The molecule has 1 aromatic heterocycles. The first-order valence-electron chi connectivity index (χ1n) is 9.78. The minimum Gasteiger partial charge on any atom is -0.463 e. The molecular weight excluding hydrogens is 424 g/mol. The summed E-state index contributed by atoms with van der Waals surface area (Å²) in [4.78, 5) is 51.1. The van der Waals surface area contributed by atoms with Crippen LogP contribution in [0.15, 0.2) is 40.1 Å². The molecule has 0 atom stereocenters. The Balaban J connectivity index is 2.20. The molecule has 0 aromatic carbocycles. The van der Waals surface area contributed by atoms with E-state index in [9.17, 15) is 19.2 Å². The van der Waals surface area contributed by atoms with Crippen LogP contribution in [0.1, 0.15) is 32.6 Å². The van der Waals surface area contributed by atoms with Gasteiger partial charge in [-0.15, -0.1) is 11.3 Å². The van der Waals surface area contributed by atoms with Gasteiger partial charge in [0.15, 0.2) is 6.61 Å². The lowest BCUT2D eigenvalue weighted by atomic mass is 9.85. The molecule has 0 bridgehead atoms. The topological polar surface area (TPSA) is 120 Å². The molecule has 2 heterocycles. The molecule has 0 saturated carbocycles. The Morgan fingerprint density at radius 3 is 2.06 bits per heavy atom. The number of rotatable bonds is 9. The number of allylic oxidation sites excluding steroid dienone is 2. The Hall–Kier alpha value is -3.14. The summed E-state index contributed by atoms with van der Waals surface area (Å²) in [7, 11) is 0. The highest BCUT2D eigenvalue weighted by atomic mass is 32.1. The molecule has 10 heteroatoms. The second-order valence-corrected chi connectivity index (χ2v) is 7.57. The lowest BCUT2D eigenvalue weighted by molar-refractivity contribution is -0.154. The third-order valence-electron chi connectivity index (χ3n) is 4.37. The number of carbonyl (C=O) groups is 4. The van der Waals surface area contributed by atoms with Gasteiger partial charge in [0.2, 0.25) is 0 Å². The van der Waals surface area contributed by atoms with Gasteiger partial charge in [0, 0.05) is 16.3 Å². The average Bonchev–Trinajstić information content (AvgIpc) is 3.23. The van der Waals surface area contributed by atoms with Gasteiger partial charge in [0.25, 0.3) is 5.91 Å². The summed E-state index contributed by atoms with van der Waals surface area (Å²) in [6.45, 7) is 6.35. The van der Waals surface area contributed by atoms with Gasteiger partial charge >= 0.3 is 17.9 Å². The van der Waals surface area contributed by atoms with Crippen LogP contribution in [0, 0.1) is 5.92 Å². The van der Waals surface area contributed by atoms with Gasteiger partial charge in [0.05, 0.1) is 30.9 Å². The molecule has 0 fully saturated rings. The number of ether oxygens (including phenoxy) is 3. The van der Waals surface area contributed by atoms with E-state index in [1.807, 2.05) is 17.5 Å². The van der Waals surface area contributed by atoms with Gasteiger partial charge in [-0.05, 0) is 39.1 Å². The number of hydrogen-bond donors (Lipinski definition) is 2. The van der Waals surface area contributed by atoms with Crippen LogP contribution in [0.4, 0.5) is 0 Å². The second-order valence-electron chi connectivity index (χ2n) is 6.54. The molecule has 1 aliphatic heterocycles. The van der Waals surface area contributed by atoms with Gasteiger partial charge < -0.3 is 24.8 Å². The van der Waals surface area contributed by atoms with Crippen molar-refractivity contribution in [3.05, 3.63) is 44.9 Å². The predicted octanol–water partition coefficient (Wildman–Crippen LogP) is 1.80. The molecule has 2 rings (SSSR count). The summed E-state index contributed by atoms with van der Waals surface area (Å²) in [5.41, 5.74) is 0.597. The highest BCUT2D eigenvalue weighted by Gasteiger charge is 2.42. The molecule has 168 valence electrons. The van der Waals surface area contributed by atoms with Gasteiger partial charge in [-0.25, -0.2) is 9.59 Å². The predicted molar refractivity (Wildman–Crippen MR) is 112 cm³/mol. The smallest absolute Gasteiger partial charge is 0.337 e. The summed E-state index contributed by atoms with van der Waals surface area (Å²) < 4.78 is 15.3. The monoisotopic (exact) mass is 450 g/mol. The summed E-state index contributed by atoms with van der Waals surface area (Å²) in [5, 5.41) is 7.44. The van der Waals surface area contributed by atoms with Crippen molar-refractivity contribution in [2.45, 2.75) is 34.2 Å². The van der Waals surface area contributed by atoms with Crippen molar-refractivity contribution < 1.29 is 33.4 Å². The first kappa shape index (κ1) is 24.1. The van der Waals surface area contributed by atoms with Gasteiger partial charge in [0.1, 0.15) is 5.92 Å². The van der Waals surface area contributed by atoms with Crippen LogP contribution >= 0.6 is 11.3 Å². The zero-order valence-corrected chi connectivity index (χ0v) is 18.7. The zero-order valence-electron chi connectivity index (χ0n) is 17.9. The fourth-order valence-electron chi connectivity index (χ4n) is 3.06. The Morgan fingerprint density at radius 1 is 1.00 bits per heavy atom. The van der Waals surface area contributed by atoms with Crippen LogP contribution in [0.5, 0.6) is 0 Å². The van der Waals surface area contributed by atoms with Crippen molar-refractivity contribution in [1.29, 1.82) is 0 Å². The standard InChI is InChI=1S/C21H26N2O7S/c1-5-28-19(25)16-12(3)23-13(4)17(20(26)29-6-2)18(16)21(27)30-11-15(24)22-10-14-8-7-9-31-14/h7-9,18,23H,5-6,10-11H2,1-4H3,(H,22,24). The molecule has 2 N–H and O–H groups in total. The highest BCUT2D eigenvalue weighted by Crippen LogP contribution is 2.32. The van der Waals surface area contributed by atoms with Crippen LogP contribution in [0.2, 0.25) is 0 Å². The Bertz CT molecular complexity index is 863. The first-order valence-corrected chi connectivity index (χ1v) is 10.7. The van der Waals surface area contributed by atoms with Crippen LogP contribution in [0.25, 0.3) is 0 Å². The number of thiophene rings is 1. The maximum atomic E-state index is 13.0. The molecule has 0 unspecified atom stereocenters.